The lowest BCUT2D eigenvalue weighted by Crippen LogP contribution is -1.97. The smallest absolute Gasteiger partial charge is 0.337 e. The summed E-state index contributed by atoms with van der Waals surface area (Å²) in [5.74, 6) is -1.04. The molecule has 1 aromatic rings. The van der Waals surface area contributed by atoms with Gasteiger partial charge in [0.25, 0.3) is 0 Å². The van der Waals surface area contributed by atoms with Crippen LogP contribution in [0.5, 0.6) is 0 Å². The second kappa shape index (κ2) is 5.53. The van der Waals surface area contributed by atoms with Gasteiger partial charge in [0.2, 0.25) is 0 Å². The molecule has 0 heterocycles. The average Bonchev–Trinajstić information content (AvgIpc) is 2.20. The van der Waals surface area contributed by atoms with Gasteiger partial charge >= 0.3 is 5.97 Å². The molecule has 0 atom stereocenters. The molecule has 80 valence electrons. The van der Waals surface area contributed by atoms with E-state index in [1.807, 2.05) is 0 Å². The number of halogens is 1. The SMILES string of the molecule is O=C(O)c1cccc(C=CCCO)c1Cl. The van der Waals surface area contributed by atoms with Crippen LogP contribution < -0.4 is 0 Å². The van der Waals surface area contributed by atoms with E-state index in [1.54, 1.807) is 24.3 Å². The van der Waals surface area contributed by atoms with Gasteiger partial charge in [0.05, 0.1) is 10.6 Å². The Morgan fingerprint density at radius 1 is 1.47 bits per heavy atom. The van der Waals surface area contributed by atoms with Gasteiger partial charge in [-0.3, -0.25) is 0 Å². The lowest BCUT2D eigenvalue weighted by molar-refractivity contribution is 0.0697. The fourth-order valence-corrected chi connectivity index (χ4v) is 1.40. The Kier molecular flexibility index (Phi) is 4.34. The summed E-state index contributed by atoms with van der Waals surface area (Å²) in [5, 5.41) is 17.6. The van der Waals surface area contributed by atoms with Crippen molar-refractivity contribution in [3.05, 3.63) is 40.4 Å². The quantitative estimate of drug-likeness (QED) is 0.829. The fourth-order valence-electron chi connectivity index (χ4n) is 1.13. The van der Waals surface area contributed by atoms with Crippen LogP contribution in [-0.2, 0) is 0 Å². The van der Waals surface area contributed by atoms with Crippen LogP contribution in [0.2, 0.25) is 5.02 Å². The lowest BCUT2D eigenvalue weighted by atomic mass is 10.1. The van der Waals surface area contributed by atoms with Crippen molar-refractivity contribution in [3.8, 4) is 0 Å². The zero-order chi connectivity index (χ0) is 11.3. The molecule has 3 nitrogen and oxygen atoms in total. The summed E-state index contributed by atoms with van der Waals surface area (Å²) in [7, 11) is 0. The van der Waals surface area contributed by atoms with Gasteiger partial charge in [0, 0.05) is 6.61 Å². The molecule has 0 amide bonds. The van der Waals surface area contributed by atoms with E-state index < -0.39 is 5.97 Å². The van der Waals surface area contributed by atoms with Gasteiger partial charge in [0.1, 0.15) is 0 Å². The second-order valence-electron chi connectivity index (χ2n) is 2.93. The van der Waals surface area contributed by atoms with E-state index in [4.69, 9.17) is 21.8 Å². The largest absolute Gasteiger partial charge is 0.478 e. The zero-order valence-electron chi connectivity index (χ0n) is 7.98. The normalized spacial score (nSPS) is 10.8. The third-order valence-electron chi connectivity index (χ3n) is 1.85. The molecule has 0 aliphatic carbocycles. The molecular weight excluding hydrogens is 216 g/mol. The highest BCUT2D eigenvalue weighted by Gasteiger charge is 2.09. The Morgan fingerprint density at radius 2 is 2.20 bits per heavy atom. The Hall–Kier alpha value is -1.32. The molecule has 2 N–H and O–H groups in total. The molecule has 0 saturated heterocycles. The summed E-state index contributed by atoms with van der Waals surface area (Å²) in [6, 6.07) is 4.81. The lowest BCUT2D eigenvalue weighted by Gasteiger charge is -2.01. The Balaban J connectivity index is 2.99. The number of benzene rings is 1. The van der Waals surface area contributed by atoms with Crippen molar-refractivity contribution < 1.29 is 15.0 Å². The van der Waals surface area contributed by atoms with Crippen molar-refractivity contribution in [2.45, 2.75) is 6.42 Å². The standard InChI is InChI=1S/C11H11ClO3/c12-10-8(4-1-2-7-13)5-3-6-9(10)11(14)15/h1,3-6,13H,2,7H2,(H,14,15). The van der Waals surface area contributed by atoms with Gasteiger partial charge in [-0.25, -0.2) is 4.79 Å². The van der Waals surface area contributed by atoms with Crippen LogP contribution in [0.25, 0.3) is 6.08 Å². The van der Waals surface area contributed by atoms with Crippen LogP contribution in [-0.4, -0.2) is 22.8 Å². The molecule has 15 heavy (non-hydrogen) atoms. The number of aliphatic hydroxyl groups is 1. The number of carboxylic acid groups (broad SMARTS) is 1. The van der Waals surface area contributed by atoms with Gasteiger partial charge in [-0.1, -0.05) is 35.9 Å². The summed E-state index contributed by atoms with van der Waals surface area (Å²) in [5.41, 5.74) is 0.729. The van der Waals surface area contributed by atoms with Gasteiger partial charge in [-0.05, 0) is 18.1 Å². The molecule has 0 spiro atoms. The molecule has 0 aliphatic rings. The minimum Gasteiger partial charge on any atom is -0.478 e. The van der Waals surface area contributed by atoms with E-state index >= 15 is 0 Å². The van der Waals surface area contributed by atoms with Crippen molar-refractivity contribution in [3.63, 3.8) is 0 Å². The van der Waals surface area contributed by atoms with Crippen LogP contribution in [0.3, 0.4) is 0 Å². The highest BCUT2D eigenvalue weighted by atomic mass is 35.5. The molecule has 1 rings (SSSR count). The summed E-state index contributed by atoms with van der Waals surface area (Å²) in [6.45, 7) is 0.0622. The van der Waals surface area contributed by atoms with Crippen molar-refractivity contribution >= 4 is 23.6 Å². The monoisotopic (exact) mass is 226 g/mol. The third kappa shape index (κ3) is 3.08. The molecule has 0 saturated carbocycles. The molecular formula is C11H11ClO3. The van der Waals surface area contributed by atoms with Gasteiger partial charge in [-0.15, -0.1) is 0 Å². The number of hydrogen-bond acceptors (Lipinski definition) is 2. The minimum atomic E-state index is -1.04. The second-order valence-corrected chi connectivity index (χ2v) is 3.31. The van der Waals surface area contributed by atoms with E-state index in [0.29, 0.717) is 12.0 Å². The van der Waals surface area contributed by atoms with Crippen LogP contribution in [0, 0.1) is 0 Å². The van der Waals surface area contributed by atoms with E-state index in [9.17, 15) is 4.79 Å². The molecule has 0 bridgehead atoms. The van der Waals surface area contributed by atoms with Crippen LogP contribution in [0.1, 0.15) is 22.3 Å². The molecule has 0 aromatic heterocycles. The van der Waals surface area contributed by atoms with Crippen LogP contribution >= 0.6 is 11.6 Å². The number of carbonyl (C=O) groups is 1. The topological polar surface area (TPSA) is 57.5 Å². The minimum absolute atomic E-state index is 0.0622. The first-order valence-electron chi connectivity index (χ1n) is 4.46. The Morgan fingerprint density at radius 3 is 2.80 bits per heavy atom. The van der Waals surface area contributed by atoms with Crippen LogP contribution in [0.15, 0.2) is 24.3 Å². The summed E-state index contributed by atoms with van der Waals surface area (Å²) in [4.78, 5) is 10.8. The first-order valence-corrected chi connectivity index (χ1v) is 4.84. The highest BCUT2D eigenvalue weighted by molar-refractivity contribution is 6.34. The zero-order valence-corrected chi connectivity index (χ0v) is 8.74. The Bertz CT molecular complexity index is 385. The highest BCUT2D eigenvalue weighted by Crippen LogP contribution is 2.22. The van der Waals surface area contributed by atoms with E-state index in [0.717, 1.165) is 0 Å². The maximum Gasteiger partial charge on any atom is 0.337 e. The molecule has 0 fully saturated rings. The summed E-state index contributed by atoms with van der Waals surface area (Å²) < 4.78 is 0. The predicted octanol–water partition coefficient (Wildman–Crippen LogP) is 2.43. The molecule has 0 radical (unpaired) electrons. The van der Waals surface area contributed by atoms with E-state index in [-0.39, 0.29) is 17.2 Å². The fraction of sp³-hybridized carbons (Fsp3) is 0.182. The van der Waals surface area contributed by atoms with Crippen molar-refractivity contribution in [2.75, 3.05) is 6.61 Å². The molecule has 1 aromatic carbocycles. The van der Waals surface area contributed by atoms with Gasteiger partial charge in [0.15, 0.2) is 0 Å². The average molecular weight is 227 g/mol. The number of hydrogen-bond donors (Lipinski definition) is 2. The predicted molar refractivity (Wildman–Crippen MR) is 59.1 cm³/mol. The number of rotatable bonds is 4. The van der Waals surface area contributed by atoms with Gasteiger partial charge in [-0.2, -0.15) is 0 Å². The van der Waals surface area contributed by atoms with Crippen molar-refractivity contribution in [2.24, 2.45) is 0 Å². The first-order chi connectivity index (χ1) is 7.16. The molecule has 4 heteroatoms. The summed E-state index contributed by atoms with van der Waals surface area (Å²) >= 11 is 5.89. The third-order valence-corrected chi connectivity index (χ3v) is 2.27. The van der Waals surface area contributed by atoms with E-state index in [1.165, 1.54) is 6.07 Å². The number of aromatic carboxylic acids is 1. The van der Waals surface area contributed by atoms with Crippen molar-refractivity contribution in [1.82, 2.24) is 0 Å². The first kappa shape index (κ1) is 11.8. The summed E-state index contributed by atoms with van der Waals surface area (Å²) in [6.07, 6.45) is 3.96. The maximum atomic E-state index is 10.8. The number of carboxylic acids is 1. The Labute approximate surface area is 92.6 Å². The van der Waals surface area contributed by atoms with Crippen LogP contribution in [0.4, 0.5) is 0 Å². The molecule has 0 aliphatic heterocycles. The number of aliphatic hydroxyl groups excluding tert-OH is 1. The van der Waals surface area contributed by atoms with E-state index in [2.05, 4.69) is 0 Å². The van der Waals surface area contributed by atoms with Crippen molar-refractivity contribution in [1.29, 1.82) is 0 Å². The molecule has 0 unspecified atom stereocenters. The maximum absolute atomic E-state index is 10.8. The van der Waals surface area contributed by atoms with Gasteiger partial charge < -0.3 is 10.2 Å².